The average molecular weight is 275 g/mol. The molecule has 0 aliphatic rings. The molecule has 0 heterocycles. The number of rotatable bonds is 1. The van der Waals surface area contributed by atoms with Crippen LogP contribution in [0.1, 0.15) is 15.9 Å². The number of aromatic carboxylic acids is 1. The van der Waals surface area contributed by atoms with Gasteiger partial charge in [-0.25, -0.2) is 4.79 Å². The minimum atomic E-state index is -0.872. The van der Waals surface area contributed by atoms with E-state index in [9.17, 15) is 4.79 Å². The zero-order valence-electron chi connectivity index (χ0n) is 5.66. The topological polar surface area (TPSA) is 37.3 Å². The molecule has 1 N–H and O–H groups in total. The van der Waals surface area contributed by atoms with Crippen LogP contribution in [0.4, 0.5) is 0 Å². The summed E-state index contributed by atoms with van der Waals surface area (Å²) in [6.45, 7) is 1.87. The van der Waals surface area contributed by atoms with Crippen LogP contribution in [0.15, 0.2) is 24.3 Å². The third-order valence-electron chi connectivity index (χ3n) is 1.27. The van der Waals surface area contributed by atoms with Crippen LogP contribution in [0.3, 0.4) is 0 Å². The summed E-state index contributed by atoms with van der Waals surface area (Å²) in [6, 6.07) is 6.82. The van der Waals surface area contributed by atoms with Crippen LogP contribution < -0.4 is 0 Å². The van der Waals surface area contributed by atoms with Gasteiger partial charge in [0.1, 0.15) is 0 Å². The van der Waals surface area contributed by atoms with Crippen molar-refractivity contribution in [2.45, 2.75) is 6.92 Å². The standard InChI is InChI=1S/C8H8O2.Ba.2H/c1-6-3-2-4-7(5-6)8(9)10;;;/h2-5H,1H3,(H,9,10);;;. The van der Waals surface area contributed by atoms with Crippen LogP contribution in [0, 0.1) is 6.92 Å². The number of hydrogen-bond acceptors (Lipinski definition) is 1. The molecule has 0 unspecified atom stereocenters. The van der Waals surface area contributed by atoms with Gasteiger partial charge < -0.3 is 5.11 Å². The monoisotopic (exact) mass is 276 g/mol. The Morgan fingerprint density at radius 2 is 2.09 bits per heavy atom. The average Bonchev–Trinajstić information content (AvgIpc) is 1.88. The Labute approximate surface area is 106 Å². The molecule has 0 saturated heterocycles. The molecule has 0 atom stereocenters. The fraction of sp³-hybridized carbons (Fsp3) is 0.125. The van der Waals surface area contributed by atoms with Gasteiger partial charge in [-0.3, -0.25) is 0 Å². The molecule has 56 valence electrons. The summed E-state index contributed by atoms with van der Waals surface area (Å²) in [5.41, 5.74) is 1.32. The molecule has 0 aliphatic heterocycles. The maximum atomic E-state index is 10.4. The second-order valence-electron chi connectivity index (χ2n) is 2.17. The van der Waals surface area contributed by atoms with Crippen molar-refractivity contribution in [2.24, 2.45) is 0 Å². The van der Waals surface area contributed by atoms with E-state index >= 15 is 0 Å². The molecule has 1 rings (SSSR count). The van der Waals surface area contributed by atoms with E-state index in [1.165, 1.54) is 0 Å². The molecule has 1 aromatic carbocycles. The van der Waals surface area contributed by atoms with Gasteiger partial charge in [-0.05, 0) is 19.1 Å². The molecule has 0 amide bonds. The van der Waals surface area contributed by atoms with Crippen molar-refractivity contribution in [3.05, 3.63) is 35.4 Å². The molecule has 0 aromatic heterocycles. The predicted molar refractivity (Wildman–Crippen MR) is 46.7 cm³/mol. The quantitative estimate of drug-likeness (QED) is 0.769. The summed E-state index contributed by atoms with van der Waals surface area (Å²) in [5.74, 6) is -0.872. The van der Waals surface area contributed by atoms with Crippen LogP contribution in [0.2, 0.25) is 0 Å². The van der Waals surface area contributed by atoms with Crippen molar-refractivity contribution < 1.29 is 9.90 Å². The van der Waals surface area contributed by atoms with Gasteiger partial charge in [0, 0.05) is 0 Å². The van der Waals surface area contributed by atoms with Crippen molar-refractivity contribution in [3.63, 3.8) is 0 Å². The Morgan fingerprint density at radius 1 is 1.45 bits per heavy atom. The molecular weight excluding hydrogens is 265 g/mol. The SMILES string of the molecule is Cc1cccc(C(=O)O)c1.[BaH2]. The fourth-order valence-corrected chi connectivity index (χ4v) is 0.778. The van der Waals surface area contributed by atoms with Gasteiger partial charge >= 0.3 is 54.9 Å². The van der Waals surface area contributed by atoms with Crippen molar-refractivity contribution in [2.75, 3.05) is 0 Å². The molecule has 0 aliphatic carbocycles. The Balaban J connectivity index is 0.000001000. The van der Waals surface area contributed by atoms with Crippen LogP contribution in [-0.2, 0) is 0 Å². The van der Waals surface area contributed by atoms with Crippen molar-refractivity contribution in [3.8, 4) is 0 Å². The maximum absolute atomic E-state index is 10.4. The van der Waals surface area contributed by atoms with Gasteiger partial charge in [0.05, 0.1) is 5.56 Å². The first-order chi connectivity index (χ1) is 4.70. The number of hydrogen-bond donors (Lipinski definition) is 1. The molecule has 0 bridgehead atoms. The van der Waals surface area contributed by atoms with Crippen molar-refractivity contribution in [1.29, 1.82) is 0 Å². The molecule has 0 fully saturated rings. The van der Waals surface area contributed by atoms with E-state index in [-0.39, 0.29) is 48.9 Å². The molecule has 0 saturated carbocycles. The van der Waals surface area contributed by atoms with E-state index in [1.807, 2.05) is 13.0 Å². The summed E-state index contributed by atoms with van der Waals surface area (Å²) in [4.78, 5) is 10.4. The van der Waals surface area contributed by atoms with E-state index in [0.29, 0.717) is 5.56 Å². The molecule has 3 heteroatoms. The molecule has 0 spiro atoms. The van der Waals surface area contributed by atoms with Gasteiger partial charge in [0.25, 0.3) is 0 Å². The summed E-state index contributed by atoms with van der Waals surface area (Å²) >= 11 is 0. The molecule has 1 aromatic rings. The van der Waals surface area contributed by atoms with Crippen LogP contribution >= 0.6 is 0 Å². The van der Waals surface area contributed by atoms with Crippen molar-refractivity contribution in [1.82, 2.24) is 0 Å². The summed E-state index contributed by atoms with van der Waals surface area (Å²) < 4.78 is 0. The zero-order valence-corrected chi connectivity index (χ0v) is 5.66. The number of benzene rings is 1. The number of carbonyl (C=O) groups is 1. The van der Waals surface area contributed by atoms with Gasteiger partial charge in [-0.2, -0.15) is 0 Å². The summed E-state index contributed by atoms with van der Waals surface area (Å²) in [6.07, 6.45) is 0. The van der Waals surface area contributed by atoms with E-state index in [0.717, 1.165) is 5.56 Å². The Morgan fingerprint density at radius 3 is 2.45 bits per heavy atom. The first kappa shape index (κ1) is 11.3. The normalized spacial score (nSPS) is 8.45. The minimum absolute atomic E-state index is 0. The molecule has 0 radical (unpaired) electrons. The third-order valence-corrected chi connectivity index (χ3v) is 1.27. The molecule has 11 heavy (non-hydrogen) atoms. The number of aryl methyl sites for hydroxylation is 1. The predicted octanol–water partition coefficient (Wildman–Crippen LogP) is 0.777. The van der Waals surface area contributed by atoms with Crippen molar-refractivity contribution >= 4 is 54.9 Å². The summed E-state index contributed by atoms with van der Waals surface area (Å²) in [5, 5.41) is 8.51. The summed E-state index contributed by atoms with van der Waals surface area (Å²) in [7, 11) is 0. The van der Waals surface area contributed by atoms with Gasteiger partial charge in [0.15, 0.2) is 0 Å². The van der Waals surface area contributed by atoms with Crippen LogP contribution in [-0.4, -0.2) is 60.0 Å². The zero-order chi connectivity index (χ0) is 7.56. The Bertz CT molecular complexity index is 258. The Kier molecular flexibility index (Phi) is 5.12. The van der Waals surface area contributed by atoms with Gasteiger partial charge in [-0.1, -0.05) is 17.7 Å². The Hall–Kier alpha value is 0.261. The van der Waals surface area contributed by atoms with Crippen LogP contribution in [0.25, 0.3) is 0 Å². The van der Waals surface area contributed by atoms with E-state index in [2.05, 4.69) is 0 Å². The fourth-order valence-electron chi connectivity index (χ4n) is 0.778. The second kappa shape index (κ2) is 5.00. The van der Waals surface area contributed by atoms with Gasteiger partial charge in [-0.15, -0.1) is 0 Å². The second-order valence-corrected chi connectivity index (χ2v) is 2.17. The number of carboxylic acids is 1. The molecular formula is C8H10BaO2. The first-order valence-corrected chi connectivity index (χ1v) is 3.00. The third kappa shape index (κ3) is 3.44. The van der Waals surface area contributed by atoms with Crippen LogP contribution in [0.5, 0.6) is 0 Å². The van der Waals surface area contributed by atoms with Gasteiger partial charge in [0.2, 0.25) is 0 Å². The van der Waals surface area contributed by atoms with E-state index in [1.54, 1.807) is 18.2 Å². The van der Waals surface area contributed by atoms with E-state index in [4.69, 9.17) is 5.11 Å². The molecule has 2 nitrogen and oxygen atoms in total. The number of carboxylic acid groups (broad SMARTS) is 1. The first-order valence-electron chi connectivity index (χ1n) is 3.00. The van der Waals surface area contributed by atoms with E-state index < -0.39 is 5.97 Å².